The fourth-order valence-electron chi connectivity index (χ4n) is 5.53. The van der Waals surface area contributed by atoms with E-state index in [1.165, 1.54) is 0 Å². The first-order valence-electron chi connectivity index (χ1n) is 25.8. The van der Waals surface area contributed by atoms with E-state index in [1.54, 1.807) is 13.8 Å². The molecule has 0 atom stereocenters. The highest BCUT2D eigenvalue weighted by Crippen LogP contribution is 2.50. The third-order valence-electron chi connectivity index (χ3n) is 7.68. The highest BCUT2D eigenvalue weighted by molar-refractivity contribution is 6.11. The molecule has 0 radical (unpaired) electrons. The number of nitrogens with zero attached hydrogens (tertiary/aromatic N) is 4. The summed E-state index contributed by atoms with van der Waals surface area (Å²) in [5.41, 5.74) is -5.46. The molecular formula is C42H30N4. The molecule has 0 amide bonds. The fourth-order valence-corrected chi connectivity index (χ4v) is 5.53. The van der Waals surface area contributed by atoms with Gasteiger partial charge < -0.3 is 0 Å². The molecule has 1 aliphatic carbocycles. The lowest BCUT2D eigenvalue weighted by Crippen LogP contribution is -2.15. The van der Waals surface area contributed by atoms with Crippen molar-refractivity contribution in [1.82, 2.24) is 19.5 Å². The summed E-state index contributed by atoms with van der Waals surface area (Å²) in [7, 11) is 0. The summed E-state index contributed by atoms with van der Waals surface area (Å²) in [4.78, 5) is 13.3. The normalized spacial score (nSPS) is 20.5. The van der Waals surface area contributed by atoms with Crippen LogP contribution in [0.15, 0.2) is 145 Å². The maximum absolute atomic E-state index is 9.94. The maximum Gasteiger partial charge on any atom is 0.238 e. The van der Waals surface area contributed by atoms with E-state index in [0.717, 1.165) is 4.57 Å². The van der Waals surface area contributed by atoms with Gasteiger partial charge in [0, 0.05) is 27.3 Å². The largest absolute Gasteiger partial charge is 0.278 e. The Balaban J connectivity index is 1.50. The van der Waals surface area contributed by atoms with Gasteiger partial charge in [0.05, 0.1) is 43.9 Å². The van der Waals surface area contributed by atoms with Crippen LogP contribution in [0.3, 0.4) is 0 Å². The molecule has 0 fully saturated rings. The summed E-state index contributed by atoms with van der Waals surface area (Å²) in [6.45, 7) is 3.11. The highest BCUT2D eigenvalue weighted by Gasteiger charge is 2.36. The third kappa shape index (κ3) is 4.04. The number of aromatic nitrogens is 4. The Labute approximate surface area is 301 Å². The Bertz CT molecular complexity index is 3720. The average Bonchev–Trinajstić information content (AvgIpc) is 3.82. The van der Waals surface area contributed by atoms with E-state index < -0.39 is 207 Å². The first-order valence-corrected chi connectivity index (χ1v) is 13.8. The van der Waals surface area contributed by atoms with E-state index in [0.29, 0.717) is 0 Å². The lowest BCUT2D eigenvalue weighted by atomic mass is 9.82. The fraction of sp³-hybridized carbons (Fsp3) is 0.0714. The van der Waals surface area contributed by atoms with Crippen LogP contribution in [0.4, 0.5) is 0 Å². The van der Waals surface area contributed by atoms with Gasteiger partial charge in [0.15, 0.2) is 11.6 Å². The zero-order valence-electron chi connectivity index (χ0n) is 47.8. The van der Waals surface area contributed by atoms with Crippen LogP contribution in [0, 0.1) is 0 Å². The summed E-state index contributed by atoms with van der Waals surface area (Å²) in [6.07, 6.45) is 0. The second-order valence-corrected chi connectivity index (χ2v) is 10.7. The van der Waals surface area contributed by atoms with Gasteiger partial charge in [0.25, 0.3) is 0 Å². The minimum absolute atomic E-state index is 0.0298. The van der Waals surface area contributed by atoms with Crippen molar-refractivity contribution in [1.29, 1.82) is 0 Å². The predicted octanol–water partition coefficient (Wildman–Crippen LogP) is 10.3. The molecule has 8 aromatic rings. The molecule has 9 rings (SSSR count). The van der Waals surface area contributed by atoms with Gasteiger partial charge in [-0.25, -0.2) is 4.98 Å². The molecule has 0 unspecified atom stereocenters. The number of rotatable bonds is 4. The second-order valence-electron chi connectivity index (χ2n) is 10.7. The molecule has 218 valence electrons. The van der Waals surface area contributed by atoms with E-state index in [2.05, 4.69) is 15.0 Å². The minimum atomic E-state index is -1.47. The first kappa shape index (κ1) is 11.8. The summed E-state index contributed by atoms with van der Waals surface area (Å²) in [5.74, 6) is -2.37. The molecule has 4 heteroatoms. The van der Waals surface area contributed by atoms with Gasteiger partial charge in [-0.2, -0.15) is 9.97 Å². The van der Waals surface area contributed by atoms with E-state index in [4.69, 9.17) is 26.0 Å². The van der Waals surface area contributed by atoms with Crippen molar-refractivity contribution in [2.24, 2.45) is 0 Å². The molecule has 2 aromatic heterocycles. The number of benzene rings is 6. The second kappa shape index (κ2) is 10.1. The van der Waals surface area contributed by atoms with Crippen molar-refractivity contribution in [3.8, 4) is 51.0 Å². The molecule has 0 aliphatic heterocycles. The summed E-state index contributed by atoms with van der Waals surface area (Å²) >= 11 is 0. The zero-order valence-corrected chi connectivity index (χ0v) is 23.8. The lowest BCUT2D eigenvalue weighted by molar-refractivity contribution is 0.661. The Morgan fingerprint density at radius 1 is 0.478 bits per heavy atom. The Hall–Kier alpha value is -5.87. The molecule has 0 saturated heterocycles. The van der Waals surface area contributed by atoms with Gasteiger partial charge in [0.2, 0.25) is 5.95 Å². The number of hydrogen-bond donors (Lipinski definition) is 0. The molecule has 0 N–H and O–H groups in total. The van der Waals surface area contributed by atoms with Crippen LogP contribution in [0.2, 0.25) is 0 Å². The van der Waals surface area contributed by atoms with Gasteiger partial charge in [-0.05, 0) is 51.5 Å². The molecule has 1 aliphatic rings. The van der Waals surface area contributed by atoms with Gasteiger partial charge >= 0.3 is 0 Å². The van der Waals surface area contributed by atoms with Crippen LogP contribution in [-0.2, 0) is 5.41 Å². The number of para-hydroxylation sites is 1. The molecule has 2 heterocycles. The molecular weight excluding hydrogens is 560 g/mol. The number of fused-ring (bicyclic) bond motifs is 6. The van der Waals surface area contributed by atoms with Crippen molar-refractivity contribution in [2.45, 2.75) is 19.3 Å². The van der Waals surface area contributed by atoms with Crippen LogP contribution >= 0.6 is 0 Å². The zero-order chi connectivity index (χ0) is 51.7. The lowest BCUT2D eigenvalue weighted by Gasteiger charge is -2.21. The Morgan fingerprint density at radius 3 is 1.78 bits per heavy atom. The first-order chi connectivity index (χ1) is 32.5. The van der Waals surface area contributed by atoms with Gasteiger partial charge in [-0.15, -0.1) is 0 Å². The van der Waals surface area contributed by atoms with Crippen LogP contribution in [0.25, 0.3) is 72.8 Å². The van der Waals surface area contributed by atoms with Crippen molar-refractivity contribution in [2.75, 3.05) is 0 Å². The molecule has 46 heavy (non-hydrogen) atoms. The van der Waals surface area contributed by atoms with Crippen molar-refractivity contribution < 1.29 is 32.9 Å². The molecule has 0 spiro atoms. The van der Waals surface area contributed by atoms with Crippen molar-refractivity contribution in [3.63, 3.8) is 0 Å². The Morgan fingerprint density at radius 2 is 1.04 bits per heavy atom. The quantitative estimate of drug-likeness (QED) is 0.198. The van der Waals surface area contributed by atoms with Crippen molar-refractivity contribution >= 4 is 21.8 Å². The third-order valence-corrected chi connectivity index (χ3v) is 7.68. The van der Waals surface area contributed by atoms with Crippen LogP contribution in [0.1, 0.15) is 57.9 Å². The van der Waals surface area contributed by atoms with Crippen LogP contribution in [0.5, 0.6) is 0 Å². The van der Waals surface area contributed by atoms with Crippen molar-refractivity contribution in [3.05, 3.63) is 156 Å². The number of hydrogen-bond acceptors (Lipinski definition) is 3. The summed E-state index contributed by atoms with van der Waals surface area (Å²) in [6, 6.07) is -18.7. The standard InChI is InChI=1S/C42H30N4/c1-42(2)35-19-11-9-17-31(35)33-25-34-32-18-10-12-20-37(32)46(38(34)26-36(33)42)41-44-39(29-15-7-4-8-16-29)43-40(45-41)30-23-21-28(22-24-30)27-13-5-3-6-14-27/h3-26H,1-2H3/i3D,4D,5D,6D,7D,8D,9D,10D,11D,12D,13D,14D,15D,16D,17D,18D,19D,20D,21D,22D,23D,24D,25D,26D. The van der Waals surface area contributed by atoms with Gasteiger partial charge in [0.1, 0.15) is 0 Å². The van der Waals surface area contributed by atoms with E-state index >= 15 is 0 Å². The average molecular weight is 615 g/mol. The van der Waals surface area contributed by atoms with Gasteiger partial charge in [-0.1, -0.05) is 141 Å². The SMILES string of the molecule is [2H]c1c([2H])c([2H])c(-c2nc(-c3c([2H])c([2H])c(-c4c([2H])c([2H])c([2H])c([2H])c4[2H])c([2H])c3[2H])nc(-n3c4c([2H])c([2H])c([2H])c([2H])c4c4c([2H])c5c(c([2H])c43)C(C)(C)c3c([2H])c([2H])c([2H])c([2H])c3-5)n2)c([2H])c1[2H]. The maximum atomic E-state index is 9.94. The van der Waals surface area contributed by atoms with Crippen LogP contribution in [-0.4, -0.2) is 19.5 Å². The van der Waals surface area contributed by atoms with E-state index in [9.17, 15) is 6.85 Å². The van der Waals surface area contributed by atoms with Gasteiger partial charge in [-0.3, -0.25) is 4.57 Å². The molecule has 0 bridgehead atoms. The molecule has 4 nitrogen and oxygen atoms in total. The monoisotopic (exact) mass is 614 g/mol. The highest BCUT2D eigenvalue weighted by atomic mass is 15.2. The topological polar surface area (TPSA) is 43.6 Å². The van der Waals surface area contributed by atoms with E-state index in [-0.39, 0.29) is 27.6 Å². The Kier molecular flexibility index (Phi) is 2.59. The smallest absolute Gasteiger partial charge is 0.238 e. The summed E-state index contributed by atoms with van der Waals surface area (Å²) in [5, 5.41) is -0.742. The van der Waals surface area contributed by atoms with Crippen LogP contribution < -0.4 is 0 Å². The minimum Gasteiger partial charge on any atom is -0.278 e. The van der Waals surface area contributed by atoms with E-state index in [1.807, 2.05) is 0 Å². The molecule has 6 aromatic carbocycles. The molecule has 0 saturated carbocycles. The predicted molar refractivity (Wildman–Crippen MR) is 188 cm³/mol. The summed E-state index contributed by atoms with van der Waals surface area (Å²) < 4.78 is 212.